The minimum Gasteiger partial charge on any atom is -0.490 e. The van der Waals surface area contributed by atoms with Gasteiger partial charge in [-0.3, -0.25) is 0 Å². The Morgan fingerprint density at radius 2 is 1.97 bits per heavy atom. The standard InChI is InChI=1S/C22H35N3O4/c1-3-23-22(25-10-8-19(9-11-25)27-13-4-12-26-2)24-17-18-6-7-20-21(16-18)29-15-5-14-28-20/h6-7,16,19H,3-5,8-15,17H2,1-2H3,(H,23,24). The summed E-state index contributed by atoms with van der Waals surface area (Å²) in [5.74, 6) is 2.62. The average Bonchev–Trinajstić information content (AvgIpc) is 3.00. The van der Waals surface area contributed by atoms with Crippen molar-refractivity contribution in [2.75, 3.05) is 53.2 Å². The number of aliphatic imine (C=N–C) groups is 1. The summed E-state index contributed by atoms with van der Waals surface area (Å²) in [4.78, 5) is 7.20. The average molecular weight is 406 g/mol. The Morgan fingerprint density at radius 1 is 1.17 bits per heavy atom. The molecule has 0 aliphatic carbocycles. The molecule has 2 aliphatic heterocycles. The Bertz CT molecular complexity index is 645. The van der Waals surface area contributed by atoms with Gasteiger partial charge in [-0.1, -0.05) is 6.07 Å². The van der Waals surface area contributed by atoms with Crippen molar-refractivity contribution in [3.05, 3.63) is 23.8 Å². The molecular formula is C22H35N3O4. The molecule has 162 valence electrons. The van der Waals surface area contributed by atoms with Crippen LogP contribution in [0.5, 0.6) is 11.5 Å². The van der Waals surface area contributed by atoms with Crippen molar-refractivity contribution in [1.82, 2.24) is 10.2 Å². The van der Waals surface area contributed by atoms with E-state index in [-0.39, 0.29) is 0 Å². The van der Waals surface area contributed by atoms with Gasteiger partial charge in [0.2, 0.25) is 0 Å². The third kappa shape index (κ3) is 6.78. The summed E-state index contributed by atoms with van der Waals surface area (Å²) < 4.78 is 22.6. The van der Waals surface area contributed by atoms with Gasteiger partial charge in [-0.2, -0.15) is 0 Å². The van der Waals surface area contributed by atoms with Crippen LogP contribution in [0.1, 0.15) is 38.2 Å². The molecule has 2 aliphatic rings. The van der Waals surface area contributed by atoms with E-state index in [0.717, 1.165) is 81.6 Å². The maximum Gasteiger partial charge on any atom is 0.194 e. The number of nitrogens with zero attached hydrogens (tertiary/aromatic N) is 2. The van der Waals surface area contributed by atoms with Crippen molar-refractivity contribution in [3.63, 3.8) is 0 Å². The Kier molecular flexibility index (Phi) is 8.89. The highest BCUT2D eigenvalue weighted by Gasteiger charge is 2.22. The Labute approximate surface area is 174 Å². The Hall–Kier alpha value is -1.99. The van der Waals surface area contributed by atoms with Crippen molar-refractivity contribution in [2.45, 2.75) is 45.3 Å². The van der Waals surface area contributed by atoms with Gasteiger partial charge in [0.15, 0.2) is 17.5 Å². The summed E-state index contributed by atoms with van der Waals surface area (Å²) in [6, 6.07) is 6.11. The first-order chi connectivity index (χ1) is 14.3. The van der Waals surface area contributed by atoms with E-state index in [1.165, 1.54) is 0 Å². The van der Waals surface area contributed by atoms with E-state index in [0.29, 0.717) is 25.9 Å². The molecule has 1 aromatic carbocycles. The molecule has 1 aromatic rings. The number of piperidine rings is 1. The number of methoxy groups -OCH3 is 1. The molecular weight excluding hydrogens is 370 g/mol. The van der Waals surface area contributed by atoms with E-state index in [4.69, 9.17) is 23.9 Å². The lowest BCUT2D eigenvalue weighted by Gasteiger charge is -2.34. The van der Waals surface area contributed by atoms with Crippen LogP contribution < -0.4 is 14.8 Å². The molecule has 7 heteroatoms. The molecule has 2 heterocycles. The van der Waals surface area contributed by atoms with Crippen LogP contribution in [-0.2, 0) is 16.0 Å². The summed E-state index contributed by atoms with van der Waals surface area (Å²) in [6.45, 7) is 8.44. The maximum absolute atomic E-state index is 5.97. The molecule has 0 spiro atoms. The molecule has 0 amide bonds. The third-order valence-corrected chi connectivity index (χ3v) is 5.15. The molecule has 0 unspecified atom stereocenters. The molecule has 1 fully saturated rings. The van der Waals surface area contributed by atoms with Gasteiger partial charge >= 0.3 is 0 Å². The molecule has 1 N–H and O–H groups in total. The van der Waals surface area contributed by atoms with Gasteiger partial charge in [-0.05, 0) is 43.9 Å². The van der Waals surface area contributed by atoms with Crippen LogP contribution in [0.2, 0.25) is 0 Å². The number of rotatable bonds is 8. The number of ether oxygens (including phenoxy) is 4. The normalized spacial score (nSPS) is 17.9. The number of hydrogen-bond acceptors (Lipinski definition) is 5. The fourth-order valence-electron chi connectivity index (χ4n) is 3.59. The summed E-state index contributed by atoms with van der Waals surface area (Å²) in [5, 5.41) is 3.43. The van der Waals surface area contributed by atoms with Gasteiger partial charge < -0.3 is 29.2 Å². The zero-order valence-corrected chi connectivity index (χ0v) is 17.8. The van der Waals surface area contributed by atoms with E-state index in [1.807, 2.05) is 12.1 Å². The number of guanidine groups is 1. The molecule has 0 atom stereocenters. The molecule has 0 bridgehead atoms. The molecule has 3 rings (SSSR count). The fourth-order valence-corrected chi connectivity index (χ4v) is 3.59. The number of nitrogens with one attached hydrogen (secondary N) is 1. The summed E-state index contributed by atoms with van der Waals surface area (Å²) in [7, 11) is 1.73. The number of fused-ring (bicyclic) bond motifs is 1. The number of likely N-dealkylation sites (tertiary alicyclic amines) is 1. The third-order valence-electron chi connectivity index (χ3n) is 5.15. The van der Waals surface area contributed by atoms with Crippen LogP contribution in [0.25, 0.3) is 0 Å². The predicted octanol–water partition coefficient (Wildman–Crippen LogP) is 2.83. The largest absolute Gasteiger partial charge is 0.490 e. The van der Waals surface area contributed by atoms with E-state index in [2.05, 4.69) is 23.2 Å². The van der Waals surface area contributed by atoms with E-state index >= 15 is 0 Å². The van der Waals surface area contributed by atoms with Gasteiger partial charge in [-0.25, -0.2) is 4.99 Å². The first-order valence-corrected chi connectivity index (χ1v) is 10.8. The molecule has 29 heavy (non-hydrogen) atoms. The topological polar surface area (TPSA) is 64.6 Å². The van der Waals surface area contributed by atoms with Crippen LogP contribution in [0.15, 0.2) is 23.2 Å². The highest BCUT2D eigenvalue weighted by molar-refractivity contribution is 5.80. The summed E-state index contributed by atoms with van der Waals surface area (Å²) in [6.07, 6.45) is 4.27. The summed E-state index contributed by atoms with van der Waals surface area (Å²) >= 11 is 0. The van der Waals surface area contributed by atoms with Gasteiger partial charge in [0.1, 0.15) is 0 Å². The highest BCUT2D eigenvalue weighted by atomic mass is 16.5. The minimum absolute atomic E-state index is 0.340. The van der Waals surface area contributed by atoms with Crippen molar-refractivity contribution < 1.29 is 18.9 Å². The lowest BCUT2D eigenvalue weighted by Crippen LogP contribution is -2.47. The second-order valence-electron chi connectivity index (χ2n) is 7.41. The van der Waals surface area contributed by atoms with Crippen molar-refractivity contribution in [1.29, 1.82) is 0 Å². The van der Waals surface area contributed by atoms with Crippen LogP contribution in [0.4, 0.5) is 0 Å². The van der Waals surface area contributed by atoms with Crippen molar-refractivity contribution >= 4 is 5.96 Å². The van der Waals surface area contributed by atoms with Crippen LogP contribution in [0, 0.1) is 0 Å². The van der Waals surface area contributed by atoms with E-state index in [1.54, 1.807) is 7.11 Å². The molecule has 1 saturated heterocycles. The fraction of sp³-hybridized carbons (Fsp3) is 0.682. The first kappa shape index (κ1) is 21.7. The minimum atomic E-state index is 0.340. The molecule has 0 aromatic heterocycles. The second-order valence-corrected chi connectivity index (χ2v) is 7.41. The van der Waals surface area contributed by atoms with Gasteiger partial charge in [0.05, 0.1) is 25.9 Å². The maximum atomic E-state index is 5.97. The lowest BCUT2D eigenvalue weighted by atomic mass is 10.1. The number of hydrogen-bond donors (Lipinski definition) is 1. The Morgan fingerprint density at radius 3 is 2.72 bits per heavy atom. The zero-order valence-electron chi connectivity index (χ0n) is 17.8. The first-order valence-electron chi connectivity index (χ1n) is 10.8. The van der Waals surface area contributed by atoms with Gasteiger partial charge in [-0.15, -0.1) is 0 Å². The summed E-state index contributed by atoms with van der Waals surface area (Å²) in [5.41, 5.74) is 1.13. The number of benzene rings is 1. The van der Waals surface area contributed by atoms with Crippen LogP contribution in [0.3, 0.4) is 0 Å². The predicted molar refractivity (Wildman–Crippen MR) is 114 cm³/mol. The van der Waals surface area contributed by atoms with Gasteiger partial charge in [0, 0.05) is 46.4 Å². The van der Waals surface area contributed by atoms with Crippen LogP contribution >= 0.6 is 0 Å². The van der Waals surface area contributed by atoms with E-state index < -0.39 is 0 Å². The van der Waals surface area contributed by atoms with E-state index in [9.17, 15) is 0 Å². The molecule has 0 radical (unpaired) electrons. The van der Waals surface area contributed by atoms with Gasteiger partial charge in [0.25, 0.3) is 0 Å². The molecule has 0 saturated carbocycles. The lowest BCUT2D eigenvalue weighted by molar-refractivity contribution is 0.00990. The second kappa shape index (κ2) is 11.9. The highest BCUT2D eigenvalue weighted by Crippen LogP contribution is 2.30. The monoisotopic (exact) mass is 405 g/mol. The van der Waals surface area contributed by atoms with Crippen molar-refractivity contribution in [3.8, 4) is 11.5 Å². The van der Waals surface area contributed by atoms with Crippen LogP contribution in [-0.4, -0.2) is 70.1 Å². The zero-order chi connectivity index (χ0) is 20.3. The SMILES string of the molecule is CCNC(=NCc1ccc2c(c1)OCCCO2)N1CCC(OCCCOC)CC1. The van der Waals surface area contributed by atoms with Crippen molar-refractivity contribution in [2.24, 2.45) is 4.99 Å². The smallest absolute Gasteiger partial charge is 0.194 e. The molecule has 7 nitrogen and oxygen atoms in total. The Balaban J connectivity index is 1.53. The quantitative estimate of drug-likeness (QED) is 0.408.